The Morgan fingerprint density at radius 3 is 2.69 bits per heavy atom. The van der Waals surface area contributed by atoms with E-state index in [9.17, 15) is 0 Å². The molecule has 1 atom stereocenters. The molecule has 3 heterocycles. The van der Waals surface area contributed by atoms with Crippen molar-refractivity contribution < 1.29 is 0 Å². The number of unbranched alkanes of at least 4 members (excludes halogenated alkanes) is 1. The minimum Gasteiger partial charge on any atom is -0.357 e. The summed E-state index contributed by atoms with van der Waals surface area (Å²) >= 11 is 1.53. The normalized spacial score (nSPS) is 21.6. The highest BCUT2D eigenvalue weighted by Crippen LogP contribution is 2.19. The summed E-state index contributed by atoms with van der Waals surface area (Å²) in [6.45, 7) is 16.2. The highest BCUT2D eigenvalue weighted by molar-refractivity contribution is 7.09. The molecule has 2 aliphatic rings. The number of guanidine groups is 1. The molecular formula is C21H39N7S. The predicted molar refractivity (Wildman–Crippen MR) is 123 cm³/mol. The molecule has 164 valence electrons. The minimum atomic E-state index is 0.870. The Balaban J connectivity index is 1.40. The first-order valence-electron chi connectivity index (χ1n) is 11.5. The molecule has 8 heteroatoms. The second-order valence-electron chi connectivity index (χ2n) is 8.31. The number of rotatable bonds is 8. The van der Waals surface area contributed by atoms with Crippen LogP contribution in [0.3, 0.4) is 0 Å². The molecule has 1 unspecified atom stereocenters. The van der Waals surface area contributed by atoms with Crippen LogP contribution in [0.4, 0.5) is 5.13 Å². The highest BCUT2D eigenvalue weighted by Gasteiger charge is 2.22. The van der Waals surface area contributed by atoms with E-state index >= 15 is 0 Å². The predicted octanol–water partition coefficient (Wildman–Crippen LogP) is 2.70. The fraction of sp³-hybridized carbons (Fsp3) is 0.857. The molecule has 0 aliphatic carbocycles. The quantitative estimate of drug-likeness (QED) is 0.396. The smallest absolute Gasteiger partial charge is 0.205 e. The van der Waals surface area contributed by atoms with E-state index in [0.717, 1.165) is 68.5 Å². The fourth-order valence-electron chi connectivity index (χ4n) is 4.17. The van der Waals surface area contributed by atoms with Crippen molar-refractivity contribution in [2.75, 3.05) is 63.8 Å². The molecule has 2 aliphatic heterocycles. The van der Waals surface area contributed by atoms with Gasteiger partial charge in [-0.3, -0.25) is 4.99 Å². The van der Waals surface area contributed by atoms with E-state index in [1.807, 2.05) is 0 Å². The molecule has 0 aromatic carbocycles. The third-order valence-corrected chi connectivity index (χ3v) is 6.66. The molecule has 2 fully saturated rings. The summed E-state index contributed by atoms with van der Waals surface area (Å²) in [6.07, 6.45) is 6.10. The number of anilines is 1. The van der Waals surface area contributed by atoms with Crippen LogP contribution in [0.15, 0.2) is 4.99 Å². The van der Waals surface area contributed by atoms with Gasteiger partial charge in [0.25, 0.3) is 0 Å². The van der Waals surface area contributed by atoms with Gasteiger partial charge < -0.3 is 20.0 Å². The number of hydrogen-bond acceptors (Lipinski definition) is 6. The Morgan fingerprint density at radius 1 is 1.17 bits per heavy atom. The van der Waals surface area contributed by atoms with E-state index in [1.54, 1.807) is 0 Å². The lowest BCUT2D eigenvalue weighted by Crippen LogP contribution is -2.52. The number of piperazine rings is 1. The summed E-state index contributed by atoms with van der Waals surface area (Å²) in [4.78, 5) is 16.9. The van der Waals surface area contributed by atoms with E-state index in [0.29, 0.717) is 0 Å². The Morgan fingerprint density at radius 2 is 2.00 bits per heavy atom. The van der Waals surface area contributed by atoms with Crippen molar-refractivity contribution in [3.8, 4) is 0 Å². The molecule has 7 nitrogen and oxygen atoms in total. The topological polar surface area (TPSA) is 59.9 Å². The first kappa shape index (κ1) is 22.3. The summed E-state index contributed by atoms with van der Waals surface area (Å²) in [5.41, 5.74) is 0. The number of nitrogens with zero attached hydrogens (tertiary/aromatic N) is 6. The van der Waals surface area contributed by atoms with Crippen molar-refractivity contribution in [2.45, 2.75) is 52.9 Å². The molecule has 2 saturated heterocycles. The lowest BCUT2D eigenvalue weighted by atomic mass is 10.0. The monoisotopic (exact) mass is 421 g/mol. The van der Waals surface area contributed by atoms with E-state index < -0.39 is 0 Å². The lowest BCUT2D eigenvalue weighted by Gasteiger charge is -2.36. The molecule has 1 aromatic heterocycles. The molecular weight excluding hydrogens is 382 g/mol. The van der Waals surface area contributed by atoms with Crippen LogP contribution in [-0.4, -0.2) is 84.0 Å². The van der Waals surface area contributed by atoms with E-state index in [1.165, 1.54) is 56.9 Å². The number of aromatic nitrogens is 2. The zero-order valence-electron chi connectivity index (χ0n) is 18.6. The molecule has 29 heavy (non-hydrogen) atoms. The third-order valence-electron chi connectivity index (χ3n) is 5.84. The van der Waals surface area contributed by atoms with Crippen molar-refractivity contribution in [1.29, 1.82) is 0 Å². The van der Waals surface area contributed by atoms with Crippen molar-refractivity contribution in [3.63, 3.8) is 0 Å². The van der Waals surface area contributed by atoms with Crippen molar-refractivity contribution in [1.82, 2.24) is 24.5 Å². The number of hydrogen-bond donors (Lipinski definition) is 1. The Labute approximate surface area is 180 Å². The van der Waals surface area contributed by atoms with Gasteiger partial charge in [0.15, 0.2) is 5.96 Å². The van der Waals surface area contributed by atoms with Crippen LogP contribution in [0.1, 0.15) is 52.3 Å². The van der Waals surface area contributed by atoms with E-state index in [2.05, 4.69) is 50.1 Å². The highest BCUT2D eigenvalue weighted by atomic mass is 32.1. The maximum Gasteiger partial charge on any atom is 0.205 e. The third kappa shape index (κ3) is 6.81. The number of nitrogens with one attached hydrogen (secondary N) is 1. The van der Waals surface area contributed by atoms with Gasteiger partial charge in [-0.15, -0.1) is 0 Å². The standard InChI is InChI=1S/C21H39N7S/c1-4-19-24-21(29-25-19)28-15-13-27(14-16-28)20(22-5-2)23-10-6-7-11-26-12-8-9-18(3)17-26/h18H,4-17H2,1-3H3,(H,22,23). The van der Waals surface area contributed by atoms with Gasteiger partial charge >= 0.3 is 0 Å². The second kappa shape index (κ2) is 11.7. The van der Waals surface area contributed by atoms with E-state index in [4.69, 9.17) is 4.99 Å². The van der Waals surface area contributed by atoms with Gasteiger partial charge in [0.2, 0.25) is 5.13 Å². The molecule has 0 spiro atoms. The summed E-state index contributed by atoms with van der Waals surface area (Å²) in [5, 5.41) is 4.55. The van der Waals surface area contributed by atoms with Gasteiger partial charge in [0, 0.05) is 63.8 Å². The first-order chi connectivity index (χ1) is 14.2. The Kier molecular flexibility index (Phi) is 8.98. The van der Waals surface area contributed by atoms with Crippen molar-refractivity contribution >= 4 is 22.6 Å². The summed E-state index contributed by atoms with van der Waals surface area (Å²) < 4.78 is 4.42. The average Bonchev–Trinajstić information content (AvgIpc) is 3.22. The lowest BCUT2D eigenvalue weighted by molar-refractivity contribution is 0.181. The molecule has 0 saturated carbocycles. The van der Waals surface area contributed by atoms with Gasteiger partial charge in [-0.25, -0.2) is 4.98 Å². The van der Waals surface area contributed by atoms with Gasteiger partial charge in [-0.05, 0) is 51.6 Å². The first-order valence-corrected chi connectivity index (χ1v) is 12.3. The van der Waals surface area contributed by atoms with Crippen molar-refractivity contribution in [3.05, 3.63) is 5.82 Å². The van der Waals surface area contributed by atoms with Crippen LogP contribution in [-0.2, 0) is 6.42 Å². The largest absolute Gasteiger partial charge is 0.357 e. The maximum atomic E-state index is 4.92. The SMILES string of the molecule is CCNC(=NCCCCN1CCCC(C)C1)N1CCN(c2nc(CC)ns2)CC1. The van der Waals surface area contributed by atoms with Crippen LogP contribution in [0.25, 0.3) is 0 Å². The van der Waals surface area contributed by atoms with Gasteiger partial charge in [-0.2, -0.15) is 4.37 Å². The van der Waals surface area contributed by atoms with Crippen molar-refractivity contribution in [2.24, 2.45) is 10.9 Å². The number of piperidine rings is 1. The minimum absolute atomic E-state index is 0.870. The number of aryl methyl sites for hydroxylation is 1. The van der Waals surface area contributed by atoms with Gasteiger partial charge in [-0.1, -0.05) is 13.8 Å². The molecule has 1 aromatic rings. The Hall–Kier alpha value is -1.41. The molecule has 1 N–H and O–H groups in total. The summed E-state index contributed by atoms with van der Waals surface area (Å²) in [6, 6.07) is 0. The van der Waals surface area contributed by atoms with Crippen LogP contribution in [0, 0.1) is 5.92 Å². The number of likely N-dealkylation sites (tertiary alicyclic amines) is 1. The molecule has 0 bridgehead atoms. The molecule has 0 radical (unpaired) electrons. The zero-order valence-corrected chi connectivity index (χ0v) is 19.4. The zero-order chi connectivity index (χ0) is 20.5. The molecule has 0 amide bonds. The number of aliphatic imine (C=N–C) groups is 1. The maximum absolute atomic E-state index is 4.92. The summed E-state index contributed by atoms with van der Waals surface area (Å²) in [5.74, 6) is 2.90. The van der Waals surface area contributed by atoms with Gasteiger partial charge in [0.05, 0.1) is 0 Å². The van der Waals surface area contributed by atoms with Crippen LogP contribution < -0.4 is 10.2 Å². The van der Waals surface area contributed by atoms with Crippen LogP contribution >= 0.6 is 11.5 Å². The summed E-state index contributed by atoms with van der Waals surface area (Å²) in [7, 11) is 0. The van der Waals surface area contributed by atoms with Gasteiger partial charge in [0.1, 0.15) is 5.82 Å². The van der Waals surface area contributed by atoms with Crippen LogP contribution in [0.5, 0.6) is 0 Å². The van der Waals surface area contributed by atoms with E-state index in [-0.39, 0.29) is 0 Å². The fourth-order valence-corrected chi connectivity index (χ4v) is 4.98. The van der Waals surface area contributed by atoms with Crippen LogP contribution in [0.2, 0.25) is 0 Å². The average molecular weight is 422 g/mol. The Bertz CT molecular complexity index is 624. The molecule has 3 rings (SSSR count). The second-order valence-corrected chi connectivity index (χ2v) is 9.04.